The van der Waals surface area contributed by atoms with E-state index in [1.165, 1.54) is 11.3 Å². The minimum absolute atomic E-state index is 0.443. The number of nitrogens with one attached hydrogen (secondary N) is 1. The summed E-state index contributed by atoms with van der Waals surface area (Å²) in [5, 5.41) is 16.1. The van der Waals surface area contributed by atoms with E-state index in [-0.39, 0.29) is 0 Å². The van der Waals surface area contributed by atoms with Crippen molar-refractivity contribution in [1.29, 1.82) is 5.26 Å². The number of allylic oxidation sites excluding steroid dienone is 1. The van der Waals surface area contributed by atoms with Gasteiger partial charge in [-0.25, -0.2) is 4.98 Å². The molecule has 24 heavy (non-hydrogen) atoms. The van der Waals surface area contributed by atoms with Crippen molar-refractivity contribution in [3.8, 4) is 17.3 Å². The lowest BCUT2D eigenvalue weighted by Gasteiger charge is -2.03. The van der Waals surface area contributed by atoms with Crippen LogP contribution in [-0.2, 0) is 0 Å². The fraction of sp³-hybridized carbons (Fsp3) is 0. The Kier molecular flexibility index (Phi) is 5.17. The average molecular weight is 372 g/mol. The first kappa shape index (κ1) is 16.5. The third kappa shape index (κ3) is 3.95. The van der Waals surface area contributed by atoms with Gasteiger partial charge in [0, 0.05) is 32.9 Å². The van der Waals surface area contributed by atoms with E-state index in [0.717, 1.165) is 11.3 Å². The number of hydrogen-bond acceptors (Lipinski definition) is 4. The number of thiazole rings is 1. The average Bonchev–Trinajstić information content (AvgIpc) is 3.05. The minimum atomic E-state index is 0.443. The highest BCUT2D eigenvalue weighted by molar-refractivity contribution is 7.11. The molecule has 0 aliphatic rings. The fourth-order valence-electron chi connectivity index (χ4n) is 2.07. The van der Waals surface area contributed by atoms with Crippen LogP contribution in [0, 0.1) is 11.3 Å². The lowest BCUT2D eigenvalue weighted by molar-refractivity contribution is 1.36. The molecule has 0 aliphatic carbocycles. The van der Waals surface area contributed by atoms with Crippen LogP contribution in [-0.4, -0.2) is 4.98 Å². The van der Waals surface area contributed by atoms with Crippen molar-refractivity contribution in [2.45, 2.75) is 0 Å². The second-order valence-electron chi connectivity index (χ2n) is 4.88. The zero-order chi connectivity index (χ0) is 16.9. The summed E-state index contributed by atoms with van der Waals surface area (Å²) in [6, 6.07) is 17.1. The molecule has 1 aromatic heterocycles. The SMILES string of the molecule is N#C/C(=C\Nc1cc(Cl)cc(Cl)c1)c1nc(-c2ccccc2)cs1. The molecule has 0 radical (unpaired) electrons. The van der Waals surface area contributed by atoms with Crippen molar-refractivity contribution in [3.05, 3.63) is 75.2 Å². The summed E-state index contributed by atoms with van der Waals surface area (Å²) in [5.41, 5.74) is 3.02. The summed E-state index contributed by atoms with van der Waals surface area (Å²) in [6.45, 7) is 0. The standard InChI is InChI=1S/C18H11Cl2N3S/c19-14-6-15(20)8-16(7-14)22-10-13(9-21)18-23-17(11-24-18)12-4-2-1-3-5-12/h1-8,10-11,22H/b13-10+. The molecule has 6 heteroatoms. The molecule has 0 bridgehead atoms. The molecule has 2 aromatic carbocycles. The maximum atomic E-state index is 9.40. The maximum absolute atomic E-state index is 9.40. The Labute approximate surface area is 153 Å². The van der Waals surface area contributed by atoms with Crippen LogP contribution in [0.5, 0.6) is 0 Å². The Morgan fingerprint density at radius 3 is 2.50 bits per heavy atom. The van der Waals surface area contributed by atoms with Crippen molar-refractivity contribution >= 4 is 45.8 Å². The molecule has 0 amide bonds. The number of rotatable bonds is 4. The number of aromatic nitrogens is 1. The number of nitriles is 1. The van der Waals surface area contributed by atoms with E-state index in [4.69, 9.17) is 23.2 Å². The number of halogens is 2. The van der Waals surface area contributed by atoms with Gasteiger partial charge in [0.1, 0.15) is 16.6 Å². The molecule has 1 heterocycles. The summed E-state index contributed by atoms with van der Waals surface area (Å²) in [5.74, 6) is 0. The first-order valence-electron chi connectivity index (χ1n) is 7.00. The van der Waals surface area contributed by atoms with Crippen LogP contribution >= 0.6 is 34.5 Å². The molecule has 0 fully saturated rings. The van der Waals surface area contributed by atoms with Crippen LogP contribution in [0.1, 0.15) is 5.01 Å². The van der Waals surface area contributed by atoms with Gasteiger partial charge in [-0.2, -0.15) is 5.26 Å². The molecule has 0 spiro atoms. The van der Waals surface area contributed by atoms with Crippen LogP contribution in [0.3, 0.4) is 0 Å². The molecular formula is C18H11Cl2N3S. The summed E-state index contributed by atoms with van der Waals surface area (Å²) in [4.78, 5) is 4.53. The third-order valence-corrected chi connectivity index (χ3v) is 4.48. The zero-order valence-corrected chi connectivity index (χ0v) is 14.7. The topological polar surface area (TPSA) is 48.7 Å². The van der Waals surface area contributed by atoms with E-state index < -0.39 is 0 Å². The molecular weight excluding hydrogens is 361 g/mol. The van der Waals surface area contributed by atoms with Crippen LogP contribution in [0.4, 0.5) is 5.69 Å². The van der Waals surface area contributed by atoms with Crippen LogP contribution in [0.15, 0.2) is 60.1 Å². The van der Waals surface area contributed by atoms with E-state index in [2.05, 4.69) is 16.4 Å². The number of hydrogen-bond donors (Lipinski definition) is 1. The van der Waals surface area contributed by atoms with Gasteiger partial charge in [-0.05, 0) is 18.2 Å². The van der Waals surface area contributed by atoms with Crippen molar-refractivity contribution in [3.63, 3.8) is 0 Å². The molecule has 0 aliphatic heterocycles. The van der Waals surface area contributed by atoms with Gasteiger partial charge in [-0.3, -0.25) is 0 Å². The van der Waals surface area contributed by atoms with Gasteiger partial charge in [0.25, 0.3) is 0 Å². The monoisotopic (exact) mass is 371 g/mol. The molecule has 118 valence electrons. The lowest BCUT2D eigenvalue weighted by atomic mass is 10.2. The largest absolute Gasteiger partial charge is 0.360 e. The summed E-state index contributed by atoms with van der Waals surface area (Å²) in [6.07, 6.45) is 1.61. The maximum Gasteiger partial charge on any atom is 0.136 e. The Morgan fingerprint density at radius 2 is 1.83 bits per heavy atom. The highest BCUT2D eigenvalue weighted by Crippen LogP contribution is 2.27. The van der Waals surface area contributed by atoms with Gasteiger partial charge in [0.2, 0.25) is 0 Å². The lowest BCUT2D eigenvalue weighted by Crippen LogP contribution is -1.91. The van der Waals surface area contributed by atoms with E-state index in [9.17, 15) is 5.26 Å². The van der Waals surface area contributed by atoms with Gasteiger partial charge in [0.15, 0.2) is 0 Å². The molecule has 0 saturated heterocycles. The quantitative estimate of drug-likeness (QED) is 0.564. The van der Waals surface area contributed by atoms with Gasteiger partial charge >= 0.3 is 0 Å². The third-order valence-electron chi connectivity index (χ3n) is 3.17. The van der Waals surface area contributed by atoms with E-state index in [1.807, 2.05) is 35.7 Å². The van der Waals surface area contributed by atoms with E-state index in [1.54, 1.807) is 24.4 Å². The molecule has 3 rings (SSSR count). The Bertz CT molecular complexity index is 907. The number of anilines is 1. The van der Waals surface area contributed by atoms with E-state index >= 15 is 0 Å². The van der Waals surface area contributed by atoms with E-state index in [0.29, 0.717) is 26.3 Å². The Balaban J connectivity index is 1.84. The van der Waals surface area contributed by atoms with Crippen LogP contribution in [0.25, 0.3) is 16.8 Å². The molecule has 0 unspecified atom stereocenters. The second-order valence-corrected chi connectivity index (χ2v) is 6.61. The van der Waals surface area contributed by atoms with Gasteiger partial charge in [-0.1, -0.05) is 53.5 Å². The van der Waals surface area contributed by atoms with Crippen LogP contribution in [0.2, 0.25) is 10.0 Å². The minimum Gasteiger partial charge on any atom is -0.360 e. The highest BCUT2D eigenvalue weighted by atomic mass is 35.5. The first-order chi connectivity index (χ1) is 11.7. The predicted octanol–water partition coefficient (Wildman–Crippen LogP) is 6.09. The van der Waals surface area contributed by atoms with Gasteiger partial charge in [0.05, 0.1) is 5.69 Å². The van der Waals surface area contributed by atoms with Crippen molar-refractivity contribution in [1.82, 2.24) is 4.98 Å². The van der Waals surface area contributed by atoms with Gasteiger partial charge in [-0.15, -0.1) is 11.3 Å². The Hall–Kier alpha value is -2.32. The molecule has 3 aromatic rings. The van der Waals surface area contributed by atoms with Crippen molar-refractivity contribution in [2.75, 3.05) is 5.32 Å². The van der Waals surface area contributed by atoms with Crippen molar-refractivity contribution in [2.24, 2.45) is 0 Å². The zero-order valence-electron chi connectivity index (χ0n) is 12.3. The summed E-state index contributed by atoms with van der Waals surface area (Å²) in [7, 11) is 0. The normalized spacial score (nSPS) is 11.1. The number of nitrogens with zero attached hydrogens (tertiary/aromatic N) is 2. The van der Waals surface area contributed by atoms with Crippen molar-refractivity contribution < 1.29 is 0 Å². The van der Waals surface area contributed by atoms with Gasteiger partial charge < -0.3 is 5.32 Å². The molecule has 0 saturated carbocycles. The fourth-order valence-corrected chi connectivity index (χ4v) is 3.39. The Morgan fingerprint density at radius 1 is 1.12 bits per heavy atom. The molecule has 1 N–H and O–H groups in total. The smallest absolute Gasteiger partial charge is 0.136 e. The first-order valence-corrected chi connectivity index (χ1v) is 8.63. The summed E-state index contributed by atoms with van der Waals surface area (Å²) >= 11 is 13.4. The van der Waals surface area contributed by atoms with Crippen LogP contribution < -0.4 is 5.32 Å². The number of benzene rings is 2. The summed E-state index contributed by atoms with van der Waals surface area (Å²) < 4.78 is 0. The predicted molar refractivity (Wildman–Crippen MR) is 101 cm³/mol. The second kappa shape index (κ2) is 7.50. The molecule has 0 atom stereocenters. The highest BCUT2D eigenvalue weighted by Gasteiger charge is 2.09. The molecule has 3 nitrogen and oxygen atoms in total.